The Balaban J connectivity index is 2.06. The SMILES string of the molecule is COC(=O)CCCCC(=O)Nc1ccc(Oc2ccccc2)c(NS(C)(=O)=O)c1. The van der Waals surface area contributed by atoms with Crippen molar-refractivity contribution in [2.24, 2.45) is 0 Å². The Hall–Kier alpha value is -3.07. The number of hydrogen-bond acceptors (Lipinski definition) is 6. The molecule has 0 radical (unpaired) electrons. The third-order valence-electron chi connectivity index (χ3n) is 3.79. The summed E-state index contributed by atoms with van der Waals surface area (Å²) >= 11 is 0. The number of carbonyl (C=O) groups is 2. The van der Waals surface area contributed by atoms with Crippen molar-refractivity contribution in [3.05, 3.63) is 48.5 Å². The van der Waals surface area contributed by atoms with Crippen LogP contribution in [0.15, 0.2) is 48.5 Å². The first-order chi connectivity index (χ1) is 13.8. The van der Waals surface area contributed by atoms with Gasteiger partial charge in [-0.15, -0.1) is 0 Å². The zero-order valence-corrected chi connectivity index (χ0v) is 17.1. The number of amides is 1. The molecule has 2 aromatic carbocycles. The van der Waals surface area contributed by atoms with E-state index >= 15 is 0 Å². The molecule has 0 unspecified atom stereocenters. The first kappa shape index (κ1) is 22.2. The molecule has 0 aliphatic heterocycles. The van der Waals surface area contributed by atoms with E-state index in [4.69, 9.17) is 4.74 Å². The van der Waals surface area contributed by atoms with Gasteiger partial charge in [-0.3, -0.25) is 14.3 Å². The highest BCUT2D eigenvalue weighted by Gasteiger charge is 2.12. The number of esters is 1. The summed E-state index contributed by atoms with van der Waals surface area (Å²) in [5.74, 6) is 0.303. The molecule has 0 saturated carbocycles. The number of nitrogens with one attached hydrogen (secondary N) is 2. The molecule has 1 amide bonds. The lowest BCUT2D eigenvalue weighted by Crippen LogP contribution is -2.13. The molecule has 0 spiro atoms. The van der Waals surface area contributed by atoms with Crippen molar-refractivity contribution in [1.82, 2.24) is 0 Å². The van der Waals surface area contributed by atoms with Crippen LogP contribution < -0.4 is 14.8 Å². The van der Waals surface area contributed by atoms with Crippen LogP contribution in [0.1, 0.15) is 25.7 Å². The summed E-state index contributed by atoms with van der Waals surface area (Å²) in [4.78, 5) is 23.2. The molecule has 8 nitrogen and oxygen atoms in total. The molecule has 0 bridgehead atoms. The van der Waals surface area contributed by atoms with Crippen molar-refractivity contribution in [1.29, 1.82) is 0 Å². The summed E-state index contributed by atoms with van der Waals surface area (Å²) in [5.41, 5.74) is 0.634. The van der Waals surface area contributed by atoms with Crippen LogP contribution in [0.4, 0.5) is 11.4 Å². The Morgan fingerprint density at radius 1 is 1.00 bits per heavy atom. The van der Waals surface area contributed by atoms with E-state index in [0.29, 0.717) is 30.0 Å². The van der Waals surface area contributed by atoms with Crippen LogP contribution in [0.25, 0.3) is 0 Å². The number of sulfonamides is 1. The predicted molar refractivity (Wildman–Crippen MR) is 111 cm³/mol. The molecule has 2 aromatic rings. The summed E-state index contributed by atoms with van der Waals surface area (Å²) in [6.07, 6.45) is 2.60. The average molecular weight is 420 g/mol. The van der Waals surface area contributed by atoms with E-state index in [9.17, 15) is 18.0 Å². The molecule has 2 rings (SSSR count). The van der Waals surface area contributed by atoms with Gasteiger partial charge in [-0.2, -0.15) is 0 Å². The van der Waals surface area contributed by atoms with Crippen LogP contribution in [0.5, 0.6) is 11.5 Å². The number of rotatable bonds is 10. The predicted octanol–water partition coefficient (Wildman–Crippen LogP) is 3.52. The van der Waals surface area contributed by atoms with Gasteiger partial charge >= 0.3 is 5.97 Å². The van der Waals surface area contributed by atoms with E-state index in [-0.39, 0.29) is 30.4 Å². The smallest absolute Gasteiger partial charge is 0.305 e. The van der Waals surface area contributed by atoms with Gasteiger partial charge in [0.25, 0.3) is 0 Å². The molecule has 2 N–H and O–H groups in total. The monoisotopic (exact) mass is 420 g/mol. The Labute approximate surface area is 170 Å². The minimum Gasteiger partial charge on any atom is -0.469 e. The topological polar surface area (TPSA) is 111 Å². The van der Waals surface area contributed by atoms with E-state index in [0.717, 1.165) is 6.26 Å². The standard InChI is InChI=1S/C20H24N2O6S/c1-27-20(24)11-7-6-10-19(23)21-15-12-13-18(17(14-15)22-29(2,25)26)28-16-8-4-3-5-9-16/h3-5,8-9,12-14,22H,6-7,10-11H2,1-2H3,(H,21,23). The second-order valence-electron chi connectivity index (χ2n) is 6.33. The molecule has 0 saturated heterocycles. The van der Waals surface area contributed by atoms with Crippen LogP contribution in [0.3, 0.4) is 0 Å². The second kappa shape index (κ2) is 10.5. The van der Waals surface area contributed by atoms with Crippen molar-refractivity contribution >= 4 is 33.3 Å². The van der Waals surface area contributed by atoms with Gasteiger partial charge in [-0.25, -0.2) is 8.42 Å². The average Bonchev–Trinajstić information content (AvgIpc) is 2.66. The lowest BCUT2D eigenvalue weighted by molar-refractivity contribution is -0.140. The Kier molecular flexibility index (Phi) is 8.02. The molecule has 29 heavy (non-hydrogen) atoms. The number of ether oxygens (including phenoxy) is 2. The Morgan fingerprint density at radius 2 is 1.69 bits per heavy atom. The van der Waals surface area contributed by atoms with Crippen molar-refractivity contribution < 1.29 is 27.5 Å². The number of methoxy groups -OCH3 is 1. The second-order valence-corrected chi connectivity index (χ2v) is 8.08. The van der Waals surface area contributed by atoms with E-state index in [1.54, 1.807) is 36.4 Å². The molecule has 0 atom stereocenters. The van der Waals surface area contributed by atoms with Crippen molar-refractivity contribution in [2.45, 2.75) is 25.7 Å². The highest BCUT2D eigenvalue weighted by molar-refractivity contribution is 7.92. The summed E-state index contributed by atoms with van der Waals surface area (Å²) in [5, 5.41) is 2.72. The quantitative estimate of drug-likeness (QED) is 0.449. The van der Waals surface area contributed by atoms with E-state index in [1.165, 1.54) is 13.2 Å². The van der Waals surface area contributed by atoms with Gasteiger partial charge in [0.15, 0.2) is 5.75 Å². The van der Waals surface area contributed by atoms with Crippen LogP contribution in [0.2, 0.25) is 0 Å². The maximum Gasteiger partial charge on any atom is 0.305 e. The van der Waals surface area contributed by atoms with Crippen molar-refractivity contribution in [3.63, 3.8) is 0 Å². The fourth-order valence-electron chi connectivity index (χ4n) is 2.47. The van der Waals surface area contributed by atoms with Crippen LogP contribution in [-0.4, -0.2) is 33.7 Å². The molecule has 0 aromatic heterocycles. The fraction of sp³-hybridized carbons (Fsp3) is 0.300. The van der Waals surface area contributed by atoms with Crippen LogP contribution in [0, 0.1) is 0 Å². The van der Waals surface area contributed by atoms with Gasteiger partial charge in [0, 0.05) is 18.5 Å². The highest BCUT2D eigenvalue weighted by atomic mass is 32.2. The number of carbonyl (C=O) groups excluding carboxylic acids is 2. The van der Waals surface area contributed by atoms with Crippen molar-refractivity contribution in [3.8, 4) is 11.5 Å². The Bertz CT molecular complexity index is 945. The minimum absolute atomic E-state index is 0.208. The summed E-state index contributed by atoms with van der Waals surface area (Å²) in [6, 6.07) is 13.6. The van der Waals surface area contributed by atoms with E-state index < -0.39 is 10.0 Å². The molecule has 0 fully saturated rings. The fourth-order valence-corrected chi connectivity index (χ4v) is 3.03. The van der Waals surface area contributed by atoms with Gasteiger partial charge in [-0.05, 0) is 43.2 Å². The van der Waals surface area contributed by atoms with Crippen LogP contribution >= 0.6 is 0 Å². The van der Waals surface area contributed by atoms with Gasteiger partial charge in [0.2, 0.25) is 15.9 Å². The lowest BCUT2D eigenvalue weighted by atomic mass is 10.2. The molecule has 0 aliphatic carbocycles. The molecular formula is C20H24N2O6S. The maximum absolute atomic E-state index is 12.1. The number of para-hydroxylation sites is 1. The minimum atomic E-state index is -3.55. The summed E-state index contributed by atoms with van der Waals surface area (Å²) in [7, 11) is -2.23. The molecule has 0 heterocycles. The largest absolute Gasteiger partial charge is 0.469 e. The molecule has 156 valence electrons. The highest BCUT2D eigenvalue weighted by Crippen LogP contribution is 2.32. The molecule has 0 aliphatic rings. The van der Waals surface area contributed by atoms with Gasteiger partial charge in [0.1, 0.15) is 5.75 Å². The first-order valence-electron chi connectivity index (χ1n) is 8.98. The number of unbranched alkanes of at least 4 members (excludes halogenated alkanes) is 1. The van der Waals surface area contributed by atoms with Crippen molar-refractivity contribution in [2.75, 3.05) is 23.4 Å². The Morgan fingerprint density at radius 3 is 2.34 bits per heavy atom. The zero-order chi connectivity index (χ0) is 21.3. The normalized spacial score (nSPS) is 10.8. The number of anilines is 2. The first-order valence-corrected chi connectivity index (χ1v) is 10.9. The summed E-state index contributed by atoms with van der Waals surface area (Å²) in [6.45, 7) is 0. The summed E-state index contributed by atoms with van der Waals surface area (Å²) < 4.78 is 36.1. The van der Waals surface area contributed by atoms with E-state index in [1.807, 2.05) is 6.07 Å². The third kappa shape index (κ3) is 8.22. The van der Waals surface area contributed by atoms with Gasteiger partial charge < -0.3 is 14.8 Å². The van der Waals surface area contributed by atoms with Gasteiger partial charge in [0.05, 0.1) is 19.1 Å². The maximum atomic E-state index is 12.1. The third-order valence-corrected chi connectivity index (χ3v) is 4.38. The number of benzene rings is 2. The number of hydrogen-bond donors (Lipinski definition) is 2. The zero-order valence-electron chi connectivity index (χ0n) is 16.3. The lowest BCUT2D eigenvalue weighted by Gasteiger charge is -2.14. The van der Waals surface area contributed by atoms with E-state index in [2.05, 4.69) is 14.8 Å². The molecular weight excluding hydrogens is 396 g/mol. The van der Waals surface area contributed by atoms with Gasteiger partial charge in [-0.1, -0.05) is 18.2 Å². The molecule has 9 heteroatoms. The van der Waals surface area contributed by atoms with Crippen LogP contribution in [-0.2, 0) is 24.3 Å².